The third-order valence-electron chi connectivity index (χ3n) is 3.20. The van der Waals surface area contributed by atoms with Gasteiger partial charge >= 0.3 is 12.1 Å². The highest BCUT2D eigenvalue weighted by atomic mass is 35.5. The van der Waals surface area contributed by atoms with Gasteiger partial charge in [0.05, 0.1) is 17.2 Å². The second-order valence-electron chi connectivity index (χ2n) is 5.25. The van der Waals surface area contributed by atoms with Crippen molar-refractivity contribution in [3.8, 4) is 5.75 Å². The Hall–Kier alpha value is -2.09. The normalized spacial score (nSPS) is 12.0. The first-order valence-electron chi connectivity index (χ1n) is 7.95. The number of hydrogen-bond acceptors (Lipinski definition) is 3. The maximum Gasteiger partial charge on any atom is 0.428 e. The van der Waals surface area contributed by atoms with E-state index >= 15 is 0 Å². The number of nitrogens with zero attached hydrogens (tertiary/aromatic N) is 1. The third kappa shape index (κ3) is 6.22. The molecule has 0 saturated carbocycles. The second kappa shape index (κ2) is 9.91. The molecule has 0 fully saturated rings. The molecular weight excluding hydrogens is 437 g/mol. The van der Waals surface area contributed by atoms with Gasteiger partial charge in [0, 0.05) is 5.69 Å². The number of anilines is 1. The number of amides is 2. The van der Waals surface area contributed by atoms with E-state index in [4.69, 9.17) is 39.5 Å². The molecular formula is C18H15Cl3F2N2O3. The quantitative estimate of drug-likeness (QED) is 0.326. The number of hydrogen-bond donors (Lipinski definition) is 1. The molecule has 0 aliphatic heterocycles. The van der Waals surface area contributed by atoms with Gasteiger partial charge in [-0.25, -0.2) is 4.79 Å². The number of carbonyl (C=O) groups is 1. The predicted molar refractivity (Wildman–Crippen MR) is 106 cm³/mol. The van der Waals surface area contributed by atoms with E-state index < -0.39 is 17.0 Å². The lowest BCUT2D eigenvalue weighted by Crippen LogP contribution is -2.32. The smallest absolute Gasteiger partial charge is 0.428 e. The average molecular weight is 452 g/mol. The highest BCUT2D eigenvalue weighted by Gasteiger charge is 2.40. The zero-order chi connectivity index (χ0) is 20.7. The SMILES string of the molecule is CCO/C(=N\C(=O)Nc1ccc(OC(F)(F)C(Cl)Cl)cc1)c1ccccc1Cl. The predicted octanol–water partition coefficient (Wildman–Crippen LogP) is 6.13. The standard InChI is InChI=1S/C18H15Cl3F2N2O3/c1-2-27-15(13-5-3-4-6-14(13)19)25-17(26)24-11-7-9-12(10-8-11)28-18(22,23)16(20)21/h3-10,16H,2H2,1H3,(H,24,26)/b25-15-. The molecule has 150 valence electrons. The number of halogens is 5. The van der Waals surface area contributed by atoms with Gasteiger partial charge in [0.2, 0.25) is 10.7 Å². The van der Waals surface area contributed by atoms with E-state index in [0.717, 1.165) is 0 Å². The van der Waals surface area contributed by atoms with Crippen LogP contribution in [-0.2, 0) is 4.74 Å². The summed E-state index contributed by atoms with van der Waals surface area (Å²) in [4.78, 5) is 14.0. The van der Waals surface area contributed by atoms with Gasteiger partial charge in [-0.05, 0) is 43.3 Å². The molecule has 1 N–H and O–H groups in total. The summed E-state index contributed by atoms with van der Waals surface area (Å²) < 4.78 is 36.5. The minimum absolute atomic E-state index is 0.0560. The molecule has 2 aromatic rings. The molecule has 0 aliphatic rings. The molecule has 0 heterocycles. The summed E-state index contributed by atoms with van der Waals surface area (Å²) >= 11 is 16.4. The van der Waals surface area contributed by atoms with Crippen molar-refractivity contribution in [3.05, 3.63) is 59.1 Å². The Kier molecular flexibility index (Phi) is 7.86. The van der Waals surface area contributed by atoms with Crippen LogP contribution in [0.1, 0.15) is 12.5 Å². The average Bonchev–Trinajstić information content (AvgIpc) is 2.63. The van der Waals surface area contributed by atoms with Crippen molar-refractivity contribution in [2.45, 2.75) is 17.9 Å². The van der Waals surface area contributed by atoms with Crippen LogP contribution in [0, 0.1) is 0 Å². The topological polar surface area (TPSA) is 59.9 Å². The van der Waals surface area contributed by atoms with Crippen LogP contribution >= 0.6 is 34.8 Å². The first-order chi connectivity index (χ1) is 13.2. The van der Waals surface area contributed by atoms with E-state index in [9.17, 15) is 13.6 Å². The van der Waals surface area contributed by atoms with Crippen LogP contribution in [0.5, 0.6) is 5.75 Å². The molecule has 0 aromatic heterocycles. The third-order valence-corrected chi connectivity index (χ3v) is 4.04. The van der Waals surface area contributed by atoms with E-state index in [1.165, 1.54) is 24.3 Å². The number of benzene rings is 2. The highest BCUT2D eigenvalue weighted by Crippen LogP contribution is 2.30. The van der Waals surface area contributed by atoms with E-state index in [1.807, 2.05) is 0 Å². The Balaban J connectivity index is 2.11. The minimum Gasteiger partial charge on any atom is -0.477 e. The Morgan fingerprint density at radius 2 is 1.82 bits per heavy atom. The first kappa shape index (κ1) is 22.2. The number of ether oxygens (including phenoxy) is 2. The van der Waals surface area contributed by atoms with Crippen LogP contribution < -0.4 is 10.1 Å². The van der Waals surface area contributed by atoms with Crippen LogP contribution in [0.2, 0.25) is 5.02 Å². The number of nitrogens with one attached hydrogen (secondary N) is 1. The zero-order valence-corrected chi connectivity index (χ0v) is 16.7. The van der Waals surface area contributed by atoms with Crippen molar-refractivity contribution in [1.29, 1.82) is 0 Å². The lowest BCUT2D eigenvalue weighted by atomic mass is 10.2. The molecule has 10 heteroatoms. The van der Waals surface area contributed by atoms with Crippen molar-refractivity contribution in [3.63, 3.8) is 0 Å². The Morgan fingerprint density at radius 1 is 1.18 bits per heavy atom. The largest absolute Gasteiger partial charge is 0.477 e. The van der Waals surface area contributed by atoms with Gasteiger partial charge in [-0.3, -0.25) is 0 Å². The molecule has 2 rings (SSSR count). The number of urea groups is 1. The molecule has 28 heavy (non-hydrogen) atoms. The number of alkyl halides is 4. The molecule has 0 radical (unpaired) electrons. The second-order valence-corrected chi connectivity index (χ2v) is 6.75. The Labute approximate surface area is 175 Å². The van der Waals surface area contributed by atoms with Crippen LogP contribution in [0.15, 0.2) is 53.5 Å². The molecule has 0 atom stereocenters. The molecule has 0 bridgehead atoms. The van der Waals surface area contributed by atoms with E-state index in [0.29, 0.717) is 16.3 Å². The fraction of sp³-hybridized carbons (Fsp3) is 0.222. The summed E-state index contributed by atoms with van der Waals surface area (Å²) in [7, 11) is 0. The van der Waals surface area contributed by atoms with Crippen molar-refractivity contribution in [1.82, 2.24) is 0 Å². The molecule has 2 amide bonds. The van der Waals surface area contributed by atoms with Crippen molar-refractivity contribution in [2.24, 2.45) is 4.99 Å². The van der Waals surface area contributed by atoms with Gasteiger partial charge in [0.25, 0.3) is 0 Å². The van der Waals surface area contributed by atoms with Gasteiger partial charge in [-0.1, -0.05) is 46.9 Å². The van der Waals surface area contributed by atoms with Gasteiger partial charge in [-0.2, -0.15) is 13.8 Å². The minimum atomic E-state index is -3.75. The van der Waals surface area contributed by atoms with Crippen LogP contribution in [0.25, 0.3) is 0 Å². The lowest BCUT2D eigenvalue weighted by Gasteiger charge is -2.18. The molecule has 2 aromatic carbocycles. The fourth-order valence-electron chi connectivity index (χ4n) is 1.99. The molecule has 0 spiro atoms. The summed E-state index contributed by atoms with van der Waals surface area (Å²) in [6.45, 7) is 2.02. The summed E-state index contributed by atoms with van der Waals surface area (Å²) in [5, 5.41) is 2.86. The van der Waals surface area contributed by atoms with Crippen LogP contribution in [0.3, 0.4) is 0 Å². The van der Waals surface area contributed by atoms with Gasteiger partial charge < -0.3 is 14.8 Å². The number of carbonyl (C=O) groups excluding carboxylic acids is 1. The molecule has 5 nitrogen and oxygen atoms in total. The maximum absolute atomic E-state index is 13.4. The Bertz CT molecular complexity index is 846. The Morgan fingerprint density at radius 3 is 2.39 bits per heavy atom. The summed E-state index contributed by atoms with van der Waals surface area (Å²) in [6.07, 6.45) is -3.75. The summed E-state index contributed by atoms with van der Waals surface area (Å²) in [5.74, 6) is -0.121. The lowest BCUT2D eigenvalue weighted by molar-refractivity contribution is -0.163. The highest BCUT2D eigenvalue weighted by molar-refractivity contribution is 6.44. The van der Waals surface area contributed by atoms with Crippen molar-refractivity contribution >= 4 is 52.4 Å². The van der Waals surface area contributed by atoms with Gasteiger partial charge in [0.15, 0.2) is 0 Å². The fourth-order valence-corrected chi connectivity index (χ4v) is 2.30. The molecule has 0 aliphatic carbocycles. The molecule has 0 unspecified atom stereocenters. The van der Waals surface area contributed by atoms with E-state index in [-0.39, 0.29) is 18.3 Å². The van der Waals surface area contributed by atoms with E-state index in [2.05, 4.69) is 15.0 Å². The number of rotatable bonds is 6. The van der Waals surface area contributed by atoms with E-state index in [1.54, 1.807) is 31.2 Å². The van der Waals surface area contributed by atoms with Gasteiger partial charge in [0.1, 0.15) is 5.75 Å². The zero-order valence-electron chi connectivity index (χ0n) is 14.5. The number of aliphatic imine (C=N–C) groups is 1. The summed E-state index contributed by atoms with van der Waals surface area (Å²) in [5.41, 5.74) is 0.761. The first-order valence-corrected chi connectivity index (χ1v) is 9.20. The van der Waals surface area contributed by atoms with Gasteiger partial charge in [-0.15, -0.1) is 0 Å². The maximum atomic E-state index is 13.4. The monoisotopic (exact) mass is 450 g/mol. The van der Waals surface area contributed by atoms with Crippen LogP contribution in [0.4, 0.5) is 19.3 Å². The van der Waals surface area contributed by atoms with Crippen molar-refractivity contribution < 1.29 is 23.0 Å². The van der Waals surface area contributed by atoms with Crippen LogP contribution in [-0.4, -0.2) is 29.5 Å². The summed E-state index contributed by atoms with van der Waals surface area (Å²) in [6, 6.07) is 11.2. The van der Waals surface area contributed by atoms with Crippen molar-refractivity contribution in [2.75, 3.05) is 11.9 Å². The molecule has 0 saturated heterocycles.